The molecule has 96 valence electrons. The molecule has 0 saturated heterocycles. The highest BCUT2D eigenvalue weighted by Crippen LogP contribution is 2.32. The second kappa shape index (κ2) is 6.18. The summed E-state index contributed by atoms with van der Waals surface area (Å²) < 4.78 is 0. The molecule has 0 amide bonds. The lowest BCUT2D eigenvalue weighted by molar-refractivity contribution is 0.0844. The van der Waals surface area contributed by atoms with Gasteiger partial charge in [-0.15, -0.1) is 0 Å². The Hall–Kier alpha value is -0.860. The fourth-order valence-corrected chi connectivity index (χ4v) is 2.61. The van der Waals surface area contributed by atoms with Crippen molar-refractivity contribution in [1.29, 1.82) is 0 Å². The summed E-state index contributed by atoms with van der Waals surface area (Å²) in [5.74, 6) is 0. The summed E-state index contributed by atoms with van der Waals surface area (Å²) in [7, 11) is 0. The third-order valence-electron chi connectivity index (χ3n) is 4.03. The molecular formula is C15H26N2. The van der Waals surface area contributed by atoms with E-state index >= 15 is 0 Å². The van der Waals surface area contributed by atoms with Crippen molar-refractivity contribution in [3.63, 3.8) is 0 Å². The lowest BCUT2D eigenvalue weighted by atomic mass is 9.83. The maximum absolute atomic E-state index is 6.49. The summed E-state index contributed by atoms with van der Waals surface area (Å²) in [6.45, 7) is 11.0. The van der Waals surface area contributed by atoms with Crippen molar-refractivity contribution < 1.29 is 0 Å². The quantitative estimate of drug-likeness (QED) is 0.819. The van der Waals surface area contributed by atoms with Gasteiger partial charge in [-0.3, -0.25) is 4.90 Å². The van der Waals surface area contributed by atoms with Crippen LogP contribution >= 0.6 is 0 Å². The van der Waals surface area contributed by atoms with Gasteiger partial charge in [-0.25, -0.2) is 0 Å². The average Bonchev–Trinajstić information content (AvgIpc) is 2.39. The second-order valence-electron chi connectivity index (χ2n) is 4.77. The van der Waals surface area contributed by atoms with E-state index in [9.17, 15) is 0 Å². The largest absolute Gasteiger partial charge is 0.322 e. The minimum atomic E-state index is 0.0326. The third-order valence-corrected chi connectivity index (χ3v) is 4.03. The monoisotopic (exact) mass is 234 g/mol. The van der Waals surface area contributed by atoms with Crippen molar-refractivity contribution in [2.75, 3.05) is 13.1 Å². The molecule has 0 aliphatic rings. The van der Waals surface area contributed by atoms with Gasteiger partial charge in [0.1, 0.15) is 0 Å². The van der Waals surface area contributed by atoms with E-state index in [0.717, 1.165) is 19.5 Å². The van der Waals surface area contributed by atoms with Crippen LogP contribution in [-0.4, -0.2) is 23.5 Å². The number of nitrogens with two attached hydrogens (primary N) is 1. The van der Waals surface area contributed by atoms with Crippen molar-refractivity contribution >= 4 is 0 Å². The van der Waals surface area contributed by atoms with Crippen LogP contribution in [-0.2, 0) is 0 Å². The summed E-state index contributed by atoms with van der Waals surface area (Å²) in [5.41, 5.74) is 7.75. The van der Waals surface area contributed by atoms with Gasteiger partial charge in [0.15, 0.2) is 0 Å². The first-order valence-electron chi connectivity index (χ1n) is 6.65. The van der Waals surface area contributed by atoms with E-state index in [1.807, 2.05) is 6.07 Å². The molecular weight excluding hydrogens is 208 g/mol. The Bertz CT molecular complexity index is 319. The molecule has 2 atom stereocenters. The third kappa shape index (κ3) is 2.88. The molecule has 1 aromatic rings. The molecule has 2 nitrogen and oxygen atoms in total. The predicted molar refractivity (Wildman–Crippen MR) is 75.0 cm³/mol. The molecule has 2 heteroatoms. The molecule has 0 aliphatic heterocycles. The molecule has 0 aliphatic carbocycles. The molecule has 2 N–H and O–H groups in total. The first kappa shape index (κ1) is 14.2. The van der Waals surface area contributed by atoms with Crippen molar-refractivity contribution in [3.05, 3.63) is 35.9 Å². The van der Waals surface area contributed by atoms with Gasteiger partial charge in [-0.05, 0) is 32.0 Å². The highest BCUT2D eigenvalue weighted by Gasteiger charge is 2.35. The molecule has 0 spiro atoms. The highest BCUT2D eigenvalue weighted by atomic mass is 15.2. The Morgan fingerprint density at radius 2 is 1.65 bits per heavy atom. The summed E-state index contributed by atoms with van der Waals surface area (Å²) >= 11 is 0. The normalized spacial score (nSPS) is 16.8. The zero-order chi connectivity index (χ0) is 12.9. The Morgan fingerprint density at radius 1 is 1.12 bits per heavy atom. The maximum atomic E-state index is 6.49. The van der Waals surface area contributed by atoms with Gasteiger partial charge >= 0.3 is 0 Å². The standard InChI is InChI=1S/C15H26N2/c1-5-15(4,17(6-2)7-3)14(16)13-11-9-8-10-12-13/h8-12,14H,5-7,16H2,1-4H3. The zero-order valence-corrected chi connectivity index (χ0v) is 11.6. The second-order valence-corrected chi connectivity index (χ2v) is 4.77. The summed E-state index contributed by atoms with van der Waals surface area (Å²) in [5, 5.41) is 0. The Balaban J connectivity index is 3.00. The van der Waals surface area contributed by atoms with Crippen molar-refractivity contribution in [2.24, 2.45) is 5.73 Å². The topological polar surface area (TPSA) is 29.3 Å². The van der Waals surface area contributed by atoms with Crippen LogP contribution in [0.25, 0.3) is 0 Å². The van der Waals surface area contributed by atoms with Crippen molar-refractivity contribution in [2.45, 2.75) is 45.7 Å². The van der Waals surface area contributed by atoms with Gasteiger partial charge in [-0.2, -0.15) is 0 Å². The van der Waals surface area contributed by atoms with Crippen molar-refractivity contribution in [1.82, 2.24) is 4.90 Å². The molecule has 0 aromatic heterocycles. The van der Waals surface area contributed by atoms with Crippen LogP contribution < -0.4 is 5.73 Å². The molecule has 0 fully saturated rings. The number of benzene rings is 1. The minimum absolute atomic E-state index is 0.0326. The van der Waals surface area contributed by atoms with Crippen LogP contribution in [0.1, 0.15) is 45.7 Å². The molecule has 17 heavy (non-hydrogen) atoms. The fraction of sp³-hybridized carbons (Fsp3) is 0.600. The van der Waals surface area contributed by atoms with Gasteiger partial charge in [0.2, 0.25) is 0 Å². The van der Waals surface area contributed by atoms with Gasteiger partial charge in [0, 0.05) is 11.6 Å². The van der Waals surface area contributed by atoms with Gasteiger partial charge < -0.3 is 5.73 Å². The maximum Gasteiger partial charge on any atom is 0.0479 e. The Morgan fingerprint density at radius 3 is 2.06 bits per heavy atom. The molecule has 0 radical (unpaired) electrons. The molecule has 0 bridgehead atoms. The summed E-state index contributed by atoms with van der Waals surface area (Å²) in [4.78, 5) is 2.46. The Labute approximate surface area is 106 Å². The molecule has 2 unspecified atom stereocenters. The lowest BCUT2D eigenvalue weighted by Gasteiger charge is -2.44. The van der Waals surface area contributed by atoms with E-state index in [-0.39, 0.29) is 11.6 Å². The first-order chi connectivity index (χ1) is 8.10. The summed E-state index contributed by atoms with van der Waals surface area (Å²) in [6.07, 6.45) is 1.06. The SMILES string of the molecule is CCN(CC)C(C)(CC)C(N)c1ccccc1. The van der Waals surface area contributed by atoms with Crippen LogP contribution in [0.3, 0.4) is 0 Å². The molecule has 1 rings (SSSR count). The van der Waals surface area contributed by atoms with Gasteiger partial charge in [-0.1, -0.05) is 51.1 Å². The number of hydrogen-bond donors (Lipinski definition) is 1. The average molecular weight is 234 g/mol. The van der Waals surface area contributed by atoms with Gasteiger partial charge in [0.25, 0.3) is 0 Å². The van der Waals surface area contributed by atoms with E-state index in [4.69, 9.17) is 5.73 Å². The smallest absolute Gasteiger partial charge is 0.0479 e. The minimum Gasteiger partial charge on any atom is -0.322 e. The van der Waals surface area contributed by atoms with Crippen molar-refractivity contribution in [3.8, 4) is 0 Å². The lowest BCUT2D eigenvalue weighted by Crippen LogP contribution is -2.52. The fourth-order valence-electron chi connectivity index (χ4n) is 2.61. The molecule has 1 aromatic carbocycles. The van der Waals surface area contributed by atoms with E-state index in [1.54, 1.807) is 0 Å². The first-order valence-corrected chi connectivity index (χ1v) is 6.65. The van der Waals surface area contributed by atoms with Crippen LogP contribution in [0, 0.1) is 0 Å². The number of rotatable bonds is 6. The number of likely N-dealkylation sites (N-methyl/N-ethyl adjacent to an activating group) is 1. The number of nitrogens with zero attached hydrogens (tertiary/aromatic N) is 1. The van der Waals surface area contributed by atoms with Crippen LogP contribution in [0.5, 0.6) is 0 Å². The molecule has 0 heterocycles. The van der Waals surface area contributed by atoms with E-state index in [2.05, 4.69) is 56.9 Å². The van der Waals surface area contributed by atoms with Gasteiger partial charge in [0.05, 0.1) is 0 Å². The van der Waals surface area contributed by atoms with E-state index in [1.165, 1.54) is 5.56 Å². The number of hydrogen-bond acceptors (Lipinski definition) is 2. The molecule has 0 saturated carbocycles. The van der Waals surface area contributed by atoms with Crippen LogP contribution in [0.15, 0.2) is 30.3 Å². The van der Waals surface area contributed by atoms with Crippen LogP contribution in [0.4, 0.5) is 0 Å². The highest BCUT2D eigenvalue weighted by molar-refractivity contribution is 5.22. The Kier molecular flexibility index (Phi) is 5.16. The van der Waals surface area contributed by atoms with Crippen LogP contribution in [0.2, 0.25) is 0 Å². The predicted octanol–water partition coefficient (Wildman–Crippen LogP) is 3.20. The van der Waals surface area contributed by atoms with E-state index in [0.29, 0.717) is 0 Å². The van der Waals surface area contributed by atoms with E-state index < -0.39 is 0 Å². The summed E-state index contributed by atoms with van der Waals surface area (Å²) in [6, 6.07) is 10.5. The zero-order valence-electron chi connectivity index (χ0n) is 11.6.